The van der Waals surface area contributed by atoms with Crippen molar-refractivity contribution in [2.75, 3.05) is 24.5 Å². The van der Waals surface area contributed by atoms with Gasteiger partial charge in [0.1, 0.15) is 12.1 Å². The number of nitrogens with zero attached hydrogens (tertiary/aromatic N) is 5. The Labute approximate surface area is 165 Å². The summed E-state index contributed by atoms with van der Waals surface area (Å²) in [6, 6.07) is 12.4. The number of H-pyrrole nitrogens is 1. The number of anilines is 1. The van der Waals surface area contributed by atoms with Crippen LogP contribution in [0.2, 0.25) is 0 Å². The third-order valence-corrected chi connectivity index (χ3v) is 7.10. The van der Waals surface area contributed by atoms with E-state index in [0.29, 0.717) is 18.0 Å². The van der Waals surface area contributed by atoms with Crippen molar-refractivity contribution in [1.29, 1.82) is 0 Å². The van der Waals surface area contributed by atoms with Gasteiger partial charge in [0.05, 0.1) is 11.6 Å². The van der Waals surface area contributed by atoms with Crippen molar-refractivity contribution in [2.45, 2.75) is 37.8 Å². The van der Waals surface area contributed by atoms with Gasteiger partial charge in [-0.3, -0.25) is 10.00 Å². The molecule has 3 fully saturated rings. The number of rotatable bonds is 2. The normalized spacial score (nSPS) is 30.4. The Morgan fingerprint density at radius 1 is 1.00 bits per heavy atom. The second-order valence-corrected chi connectivity index (χ2v) is 8.72. The van der Waals surface area contributed by atoms with E-state index < -0.39 is 0 Å². The Hall–Kier alpha value is -2.47. The van der Waals surface area contributed by atoms with Crippen molar-refractivity contribution in [3.63, 3.8) is 0 Å². The van der Waals surface area contributed by atoms with Crippen LogP contribution in [0.4, 0.5) is 5.82 Å². The molecule has 6 rings (SSSR count). The van der Waals surface area contributed by atoms with Crippen molar-refractivity contribution < 1.29 is 0 Å². The number of hydrogen-bond acceptors (Lipinski definition) is 5. The van der Waals surface area contributed by atoms with Crippen LogP contribution in [0.1, 0.15) is 37.3 Å². The highest BCUT2D eigenvalue weighted by Gasteiger charge is 2.45. The molecule has 144 valence electrons. The molecule has 3 saturated heterocycles. The molecule has 2 aromatic heterocycles. The molecular weight excluding hydrogens is 348 g/mol. The first-order chi connectivity index (χ1) is 13.9. The summed E-state index contributed by atoms with van der Waals surface area (Å²) in [5.74, 6) is 2.48. The molecule has 4 atom stereocenters. The zero-order chi connectivity index (χ0) is 18.5. The summed E-state index contributed by atoms with van der Waals surface area (Å²) in [4.78, 5) is 14.3. The molecule has 0 spiro atoms. The predicted molar refractivity (Wildman–Crippen MR) is 109 cm³/mol. The molecule has 3 aliphatic heterocycles. The van der Waals surface area contributed by atoms with Gasteiger partial charge in [0.15, 0.2) is 5.65 Å². The lowest BCUT2D eigenvalue weighted by molar-refractivity contribution is -0.0200. The van der Waals surface area contributed by atoms with E-state index in [1.54, 1.807) is 6.33 Å². The maximum Gasteiger partial charge on any atom is 0.160 e. The molecule has 0 unspecified atom stereocenters. The molecule has 1 N–H and O–H groups in total. The van der Waals surface area contributed by atoms with Crippen molar-refractivity contribution >= 4 is 16.9 Å². The van der Waals surface area contributed by atoms with Gasteiger partial charge in [-0.2, -0.15) is 5.10 Å². The number of benzene rings is 1. The molecule has 6 nitrogen and oxygen atoms in total. The Bertz CT molecular complexity index is 969. The molecule has 3 aliphatic rings. The fraction of sp³-hybridized carbons (Fsp3) is 0.500. The number of hydrogen-bond donors (Lipinski definition) is 1. The molecule has 3 aromatic rings. The second kappa shape index (κ2) is 6.55. The molecule has 0 amide bonds. The third-order valence-electron chi connectivity index (χ3n) is 7.10. The van der Waals surface area contributed by atoms with Crippen LogP contribution in [0.25, 0.3) is 11.0 Å². The number of aromatic nitrogens is 4. The van der Waals surface area contributed by atoms with Crippen LogP contribution in [0, 0.1) is 11.8 Å². The minimum atomic E-state index is 0.594. The van der Waals surface area contributed by atoms with E-state index in [1.165, 1.54) is 37.8 Å². The van der Waals surface area contributed by atoms with Gasteiger partial charge in [-0.05, 0) is 43.1 Å². The molecule has 5 heterocycles. The summed E-state index contributed by atoms with van der Waals surface area (Å²) in [7, 11) is 0. The number of aromatic amines is 1. The number of piperidine rings is 3. The minimum Gasteiger partial charge on any atom is -0.355 e. The minimum absolute atomic E-state index is 0.594. The fourth-order valence-electron chi connectivity index (χ4n) is 6.02. The zero-order valence-corrected chi connectivity index (χ0v) is 16.0. The fourth-order valence-corrected chi connectivity index (χ4v) is 6.02. The van der Waals surface area contributed by atoms with E-state index in [1.807, 2.05) is 6.20 Å². The van der Waals surface area contributed by atoms with Crippen LogP contribution in [-0.4, -0.2) is 50.7 Å². The van der Waals surface area contributed by atoms with Gasteiger partial charge >= 0.3 is 0 Å². The quantitative estimate of drug-likeness (QED) is 0.745. The molecule has 0 radical (unpaired) electrons. The van der Waals surface area contributed by atoms with Crippen molar-refractivity contribution in [3.05, 3.63) is 48.4 Å². The highest BCUT2D eigenvalue weighted by molar-refractivity contribution is 5.86. The van der Waals surface area contributed by atoms with E-state index in [2.05, 4.69) is 60.3 Å². The van der Waals surface area contributed by atoms with Crippen LogP contribution in [0.3, 0.4) is 0 Å². The largest absolute Gasteiger partial charge is 0.355 e. The van der Waals surface area contributed by atoms with Gasteiger partial charge in [0, 0.05) is 31.7 Å². The van der Waals surface area contributed by atoms with Crippen LogP contribution < -0.4 is 4.90 Å². The van der Waals surface area contributed by atoms with Crippen LogP contribution in [0.5, 0.6) is 0 Å². The van der Waals surface area contributed by atoms with E-state index in [0.717, 1.165) is 35.9 Å². The summed E-state index contributed by atoms with van der Waals surface area (Å²) >= 11 is 0. The lowest BCUT2D eigenvalue weighted by Crippen LogP contribution is -2.59. The average Bonchev–Trinajstić information content (AvgIpc) is 3.23. The van der Waals surface area contributed by atoms with Crippen molar-refractivity contribution in [3.8, 4) is 0 Å². The Morgan fingerprint density at radius 2 is 1.93 bits per heavy atom. The standard InChI is InChI=1S/C22H26N6/c1-2-5-16(6-3-1)19-7-4-8-20-17-9-15(12-28(19)20)11-27(13-17)22-18-10-25-26-21(18)23-14-24-22/h1-3,5-6,10,14-15,17,19-20H,4,7-9,11-13H2,(H,23,24,25,26)/t15-,17+,19+,20-/m0/s1. The summed E-state index contributed by atoms with van der Waals surface area (Å²) in [5.41, 5.74) is 2.34. The summed E-state index contributed by atoms with van der Waals surface area (Å²) in [6.45, 7) is 3.38. The topological polar surface area (TPSA) is 60.9 Å². The smallest absolute Gasteiger partial charge is 0.160 e. The first kappa shape index (κ1) is 16.5. The van der Waals surface area contributed by atoms with E-state index in [4.69, 9.17) is 0 Å². The first-order valence-corrected chi connectivity index (χ1v) is 10.6. The lowest BCUT2D eigenvalue weighted by atomic mass is 9.74. The van der Waals surface area contributed by atoms with Gasteiger partial charge in [-0.15, -0.1) is 0 Å². The average molecular weight is 374 g/mol. The maximum atomic E-state index is 4.64. The van der Waals surface area contributed by atoms with Gasteiger partial charge < -0.3 is 4.90 Å². The molecule has 2 bridgehead atoms. The molecular formula is C22H26N6. The summed E-state index contributed by atoms with van der Waals surface area (Å²) in [5, 5.41) is 8.20. The second-order valence-electron chi connectivity index (χ2n) is 8.72. The molecule has 6 heteroatoms. The highest BCUT2D eigenvalue weighted by atomic mass is 15.3. The Balaban J connectivity index is 1.29. The van der Waals surface area contributed by atoms with Gasteiger partial charge in [0.2, 0.25) is 0 Å². The van der Waals surface area contributed by atoms with E-state index in [9.17, 15) is 0 Å². The third kappa shape index (κ3) is 2.62. The van der Waals surface area contributed by atoms with Crippen LogP contribution >= 0.6 is 0 Å². The molecule has 28 heavy (non-hydrogen) atoms. The number of nitrogens with one attached hydrogen (secondary N) is 1. The van der Waals surface area contributed by atoms with Crippen molar-refractivity contribution in [2.24, 2.45) is 11.8 Å². The Kier molecular flexibility index (Phi) is 3.86. The zero-order valence-electron chi connectivity index (χ0n) is 16.0. The Morgan fingerprint density at radius 3 is 2.86 bits per heavy atom. The van der Waals surface area contributed by atoms with Crippen LogP contribution in [-0.2, 0) is 0 Å². The molecule has 0 saturated carbocycles. The highest BCUT2D eigenvalue weighted by Crippen LogP contribution is 2.45. The lowest BCUT2D eigenvalue weighted by Gasteiger charge is -2.55. The monoisotopic (exact) mass is 374 g/mol. The first-order valence-electron chi connectivity index (χ1n) is 10.6. The molecule has 0 aliphatic carbocycles. The maximum absolute atomic E-state index is 4.64. The van der Waals surface area contributed by atoms with Crippen LogP contribution in [0.15, 0.2) is 42.9 Å². The molecule has 1 aromatic carbocycles. The predicted octanol–water partition coefficient (Wildman–Crippen LogP) is 3.40. The SMILES string of the molecule is c1ccc([C@H]2CCC[C@H]3[C@@H]4C[C@@H](CN(c5ncnc6[nH]ncc56)C4)CN23)cc1. The van der Waals surface area contributed by atoms with E-state index in [-0.39, 0.29) is 0 Å². The van der Waals surface area contributed by atoms with Gasteiger partial charge in [-0.25, -0.2) is 9.97 Å². The number of fused-ring (bicyclic) bond motifs is 5. The van der Waals surface area contributed by atoms with Gasteiger partial charge in [0.25, 0.3) is 0 Å². The summed E-state index contributed by atoms with van der Waals surface area (Å²) in [6.07, 6.45) is 8.86. The van der Waals surface area contributed by atoms with E-state index >= 15 is 0 Å². The van der Waals surface area contributed by atoms with Gasteiger partial charge in [-0.1, -0.05) is 30.3 Å². The summed E-state index contributed by atoms with van der Waals surface area (Å²) < 4.78 is 0. The van der Waals surface area contributed by atoms with Crippen molar-refractivity contribution in [1.82, 2.24) is 25.1 Å².